The number of amides is 1. The summed E-state index contributed by atoms with van der Waals surface area (Å²) < 4.78 is 37.4. The molecule has 2 aromatic carbocycles. The number of morpholine rings is 1. The summed E-state index contributed by atoms with van der Waals surface area (Å²) in [7, 11) is -3.54. The molecule has 0 spiro atoms. The van der Waals surface area contributed by atoms with Gasteiger partial charge in [0.25, 0.3) is 5.91 Å². The molecule has 0 radical (unpaired) electrons. The van der Waals surface area contributed by atoms with Gasteiger partial charge in [0, 0.05) is 13.1 Å². The van der Waals surface area contributed by atoms with E-state index >= 15 is 0 Å². The number of rotatable bonds is 8. The van der Waals surface area contributed by atoms with Gasteiger partial charge in [-0.3, -0.25) is 4.79 Å². The number of carbonyl (C=O) groups is 1. The molecule has 1 saturated heterocycles. The highest BCUT2D eigenvalue weighted by Crippen LogP contribution is 2.18. The molecule has 3 rings (SSSR count). The second-order valence-corrected chi connectivity index (χ2v) is 9.00. The third kappa shape index (κ3) is 6.13. The maximum atomic E-state index is 12.7. The number of nitrogens with one attached hydrogen (secondary N) is 1. The Morgan fingerprint density at radius 2 is 1.74 bits per heavy atom. The van der Waals surface area contributed by atoms with Gasteiger partial charge in [0.15, 0.2) is 6.61 Å². The van der Waals surface area contributed by atoms with Crippen molar-refractivity contribution in [3.63, 3.8) is 0 Å². The zero-order chi connectivity index (χ0) is 22.3. The minimum Gasteiger partial charge on any atom is -0.484 e. The van der Waals surface area contributed by atoms with E-state index in [2.05, 4.69) is 17.5 Å². The Kier molecular flexibility index (Phi) is 7.78. The lowest BCUT2D eigenvalue weighted by molar-refractivity contribution is -0.123. The summed E-state index contributed by atoms with van der Waals surface area (Å²) >= 11 is 0. The number of hydrazone groups is 1. The van der Waals surface area contributed by atoms with Crippen LogP contribution in [-0.4, -0.2) is 57.3 Å². The lowest BCUT2D eigenvalue weighted by atomic mass is 10.1. The van der Waals surface area contributed by atoms with Gasteiger partial charge in [0.2, 0.25) is 10.0 Å². The molecule has 8 nitrogen and oxygen atoms in total. The molecular formula is C22H27N3O5S. The third-order valence-electron chi connectivity index (χ3n) is 4.93. The van der Waals surface area contributed by atoms with Gasteiger partial charge in [-0.05, 0) is 48.7 Å². The Labute approximate surface area is 182 Å². The maximum absolute atomic E-state index is 12.7. The van der Waals surface area contributed by atoms with Crippen molar-refractivity contribution in [3.8, 4) is 5.75 Å². The molecule has 9 heteroatoms. The Balaban J connectivity index is 1.55. The van der Waals surface area contributed by atoms with E-state index in [1.807, 2.05) is 24.3 Å². The molecule has 0 aliphatic carbocycles. The van der Waals surface area contributed by atoms with Gasteiger partial charge in [0.05, 0.1) is 23.8 Å². The fourth-order valence-corrected chi connectivity index (χ4v) is 4.43. The number of carbonyl (C=O) groups excluding carboxylic acids is 1. The first-order valence-electron chi connectivity index (χ1n) is 10.1. The van der Waals surface area contributed by atoms with E-state index in [0.717, 1.165) is 6.42 Å². The molecule has 1 heterocycles. The maximum Gasteiger partial charge on any atom is 0.277 e. The normalized spacial score (nSPS) is 15.5. The Bertz CT molecular complexity index is 1010. The Hall–Kier alpha value is -2.75. The van der Waals surface area contributed by atoms with Crippen molar-refractivity contribution in [1.82, 2.24) is 9.73 Å². The standard InChI is InChI=1S/C22H27N3O5S/c1-3-18-4-8-20(9-5-18)30-16-22(26)24-23-17(2)19-6-10-21(11-7-19)31(27,28)25-12-14-29-15-13-25/h4-11H,3,12-16H2,1-2H3,(H,24,26)/b23-17+. The molecule has 1 N–H and O–H groups in total. The van der Waals surface area contributed by atoms with E-state index < -0.39 is 10.0 Å². The smallest absolute Gasteiger partial charge is 0.277 e. The van der Waals surface area contributed by atoms with Gasteiger partial charge in [0.1, 0.15) is 5.75 Å². The molecule has 0 bridgehead atoms. The van der Waals surface area contributed by atoms with Crippen LogP contribution in [0.1, 0.15) is 25.0 Å². The van der Waals surface area contributed by atoms with E-state index in [9.17, 15) is 13.2 Å². The fraction of sp³-hybridized carbons (Fsp3) is 0.364. The predicted molar refractivity (Wildman–Crippen MR) is 118 cm³/mol. The molecule has 0 aromatic heterocycles. The second kappa shape index (κ2) is 10.5. The monoisotopic (exact) mass is 445 g/mol. The lowest BCUT2D eigenvalue weighted by Crippen LogP contribution is -2.40. The average Bonchev–Trinajstić information content (AvgIpc) is 2.82. The van der Waals surface area contributed by atoms with Crippen LogP contribution >= 0.6 is 0 Å². The molecule has 1 amide bonds. The quantitative estimate of drug-likeness (QED) is 0.496. The van der Waals surface area contributed by atoms with Gasteiger partial charge < -0.3 is 9.47 Å². The van der Waals surface area contributed by atoms with Crippen molar-refractivity contribution >= 4 is 21.6 Å². The van der Waals surface area contributed by atoms with E-state index in [-0.39, 0.29) is 17.4 Å². The largest absolute Gasteiger partial charge is 0.484 e. The Morgan fingerprint density at radius 1 is 1.10 bits per heavy atom. The van der Waals surface area contributed by atoms with Crippen molar-refractivity contribution in [2.45, 2.75) is 25.2 Å². The molecule has 0 unspecified atom stereocenters. The Morgan fingerprint density at radius 3 is 2.35 bits per heavy atom. The van der Waals surface area contributed by atoms with Crippen LogP contribution in [0, 0.1) is 0 Å². The van der Waals surface area contributed by atoms with Gasteiger partial charge >= 0.3 is 0 Å². The first kappa shape index (κ1) is 22.9. The molecule has 1 aliphatic heterocycles. The van der Waals surface area contributed by atoms with Crippen LogP contribution in [0.5, 0.6) is 5.75 Å². The van der Waals surface area contributed by atoms with Crippen LogP contribution in [0.15, 0.2) is 58.5 Å². The summed E-state index contributed by atoms with van der Waals surface area (Å²) in [4.78, 5) is 12.2. The first-order chi connectivity index (χ1) is 14.9. The fourth-order valence-electron chi connectivity index (χ4n) is 3.02. The molecule has 1 fully saturated rings. The highest BCUT2D eigenvalue weighted by molar-refractivity contribution is 7.89. The minimum atomic E-state index is -3.54. The highest BCUT2D eigenvalue weighted by Gasteiger charge is 2.26. The number of sulfonamides is 1. The topological polar surface area (TPSA) is 97.3 Å². The number of nitrogens with zero attached hydrogens (tertiary/aromatic N) is 2. The van der Waals surface area contributed by atoms with Crippen molar-refractivity contribution in [3.05, 3.63) is 59.7 Å². The van der Waals surface area contributed by atoms with Crippen molar-refractivity contribution in [1.29, 1.82) is 0 Å². The van der Waals surface area contributed by atoms with Crippen LogP contribution in [0.3, 0.4) is 0 Å². The zero-order valence-corrected chi connectivity index (χ0v) is 18.5. The SMILES string of the molecule is CCc1ccc(OCC(=O)N/N=C(\C)c2ccc(S(=O)(=O)N3CCOCC3)cc2)cc1. The summed E-state index contributed by atoms with van der Waals surface area (Å²) in [6.07, 6.45) is 0.939. The van der Waals surface area contributed by atoms with Gasteiger partial charge in [-0.1, -0.05) is 31.2 Å². The van der Waals surface area contributed by atoms with Crippen LogP contribution in [0.25, 0.3) is 0 Å². The van der Waals surface area contributed by atoms with Crippen molar-refractivity contribution in [2.75, 3.05) is 32.9 Å². The number of hydrogen-bond acceptors (Lipinski definition) is 6. The molecule has 31 heavy (non-hydrogen) atoms. The summed E-state index contributed by atoms with van der Waals surface area (Å²) in [5.41, 5.74) is 4.91. The van der Waals surface area contributed by atoms with Crippen molar-refractivity contribution < 1.29 is 22.7 Å². The number of benzene rings is 2. The molecule has 2 aromatic rings. The number of hydrogen-bond donors (Lipinski definition) is 1. The predicted octanol–water partition coefficient (Wildman–Crippen LogP) is 2.19. The van der Waals surface area contributed by atoms with E-state index in [4.69, 9.17) is 9.47 Å². The van der Waals surface area contributed by atoms with Crippen molar-refractivity contribution in [2.24, 2.45) is 5.10 Å². The zero-order valence-electron chi connectivity index (χ0n) is 17.7. The number of aryl methyl sites for hydroxylation is 1. The lowest BCUT2D eigenvalue weighted by Gasteiger charge is -2.26. The van der Waals surface area contributed by atoms with E-state index in [1.54, 1.807) is 31.2 Å². The van der Waals surface area contributed by atoms with Crippen LogP contribution in [-0.2, 0) is 26.0 Å². The van der Waals surface area contributed by atoms with E-state index in [0.29, 0.717) is 43.3 Å². The molecule has 0 saturated carbocycles. The van der Waals surface area contributed by atoms with Crippen LogP contribution in [0.2, 0.25) is 0 Å². The molecule has 0 atom stereocenters. The van der Waals surface area contributed by atoms with Gasteiger partial charge in [-0.25, -0.2) is 13.8 Å². The van der Waals surface area contributed by atoms with Crippen LogP contribution in [0.4, 0.5) is 0 Å². The minimum absolute atomic E-state index is 0.154. The highest BCUT2D eigenvalue weighted by atomic mass is 32.2. The summed E-state index contributed by atoms with van der Waals surface area (Å²) in [5, 5.41) is 4.08. The van der Waals surface area contributed by atoms with Crippen LogP contribution < -0.4 is 10.2 Å². The van der Waals surface area contributed by atoms with Gasteiger partial charge in [-0.15, -0.1) is 0 Å². The molecule has 1 aliphatic rings. The first-order valence-corrected chi connectivity index (χ1v) is 11.6. The second-order valence-electron chi connectivity index (χ2n) is 7.06. The average molecular weight is 446 g/mol. The number of ether oxygens (including phenoxy) is 2. The molecular weight excluding hydrogens is 418 g/mol. The van der Waals surface area contributed by atoms with Gasteiger partial charge in [-0.2, -0.15) is 9.41 Å². The summed E-state index contributed by atoms with van der Waals surface area (Å²) in [6, 6.07) is 14.0. The van der Waals surface area contributed by atoms with E-state index in [1.165, 1.54) is 9.87 Å². The third-order valence-corrected chi connectivity index (χ3v) is 6.84. The summed E-state index contributed by atoms with van der Waals surface area (Å²) in [6.45, 7) is 5.14. The molecule has 166 valence electrons. The summed E-state index contributed by atoms with van der Waals surface area (Å²) in [5.74, 6) is 0.232.